The van der Waals surface area contributed by atoms with Crippen LogP contribution in [-0.2, 0) is 0 Å². The van der Waals surface area contributed by atoms with Gasteiger partial charge in [0.1, 0.15) is 5.60 Å². The lowest BCUT2D eigenvalue weighted by molar-refractivity contribution is -0.0331. The lowest BCUT2D eigenvalue weighted by atomic mass is 9.71. The van der Waals surface area contributed by atoms with Gasteiger partial charge in [-0.1, -0.05) is 36.5 Å². The highest BCUT2D eigenvalue weighted by molar-refractivity contribution is 5.38. The lowest BCUT2D eigenvalue weighted by Gasteiger charge is -2.39. The van der Waals surface area contributed by atoms with Crippen LogP contribution in [0.1, 0.15) is 30.9 Å². The average Bonchev–Trinajstić information content (AvgIpc) is 2.26. The molecule has 78 valence electrons. The predicted molar refractivity (Wildman–Crippen MR) is 61.4 cm³/mol. The third-order valence-electron chi connectivity index (χ3n) is 3.25. The van der Waals surface area contributed by atoms with E-state index in [1.54, 1.807) is 0 Å². The molecule has 0 aliphatic heterocycles. The first-order valence-electron chi connectivity index (χ1n) is 5.42. The molecule has 1 saturated carbocycles. The third kappa shape index (κ3) is 2.06. The molecule has 1 heteroatoms. The van der Waals surface area contributed by atoms with Gasteiger partial charge in [0.25, 0.3) is 0 Å². The van der Waals surface area contributed by atoms with Crippen LogP contribution in [0.25, 0.3) is 0 Å². The molecule has 1 fully saturated rings. The van der Waals surface area contributed by atoms with E-state index in [1.807, 2.05) is 31.2 Å². The van der Waals surface area contributed by atoms with Crippen LogP contribution in [0.2, 0.25) is 0 Å². The fourth-order valence-corrected chi connectivity index (χ4v) is 1.71. The molecule has 1 aliphatic rings. The average molecular weight is 200 g/mol. The topological polar surface area (TPSA) is 20.2 Å². The van der Waals surface area contributed by atoms with Crippen molar-refractivity contribution in [2.45, 2.75) is 32.3 Å². The number of aliphatic hydroxyl groups is 1. The minimum absolute atomic E-state index is 0.315. The fourth-order valence-electron chi connectivity index (χ4n) is 1.71. The molecule has 0 aromatic heterocycles. The van der Waals surface area contributed by atoms with E-state index in [1.165, 1.54) is 5.56 Å². The number of benzene rings is 1. The van der Waals surface area contributed by atoms with E-state index in [0.29, 0.717) is 5.92 Å². The molecule has 15 heavy (non-hydrogen) atoms. The van der Waals surface area contributed by atoms with E-state index < -0.39 is 5.60 Å². The second-order valence-electron chi connectivity index (χ2n) is 4.48. The molecule has 1 aromatic rings. The third-order valence-corrected chi connectivity index (χ3v) is 3.25. The Balaban J connectivity index is 2.15. The monoisotopic (exact) mass is 200 g/mol. The summed E-state index contributed by atoms with van der Waals surface area (Å²) in [5, 5.41) is 10.0. The molecule has 0 amide bonds. The summed E-state index contributed by atoms with van der Waals surface area (Å²) in [5.74, 6) is 6.35. The summed E-state index contributed by atoms with van der Waals surface area (Å²) in [4.78, 5) is 0. The summed E-state index contributed by atoms with van der Waals surface area (Å²) < 4.78 is 0. The molecule has 0 heterocycles. The van der Waals surface area contributed by atoms with Gasteiger partial charge >= 0.3 is 0 Å². The Kier molecular flexibility index (Phi) is 2.54. The maximum absolute atomic E-state index is 10.0. The van der Waals surface area contributed by atoms with Crippen molar-refractivity contribution in [2.24, 2.45) is 5.92 Å². The van der Waals surface area contributed by atoms with Crippen LogP contribution in [0.15, 0.2) is 24.3 Å². The summed E-state index contributed by atoms with van der Waals surface area (Å²) in [5.41, 5.74) is 1.48. The van der Waals surface area contributed by atoms with Crippen LogP contribution in [0.3, 0.4) is 0 Å². The number of aryl methyl sites for hydroxylation is 1. The Morgan fingerprint density at radius 2 is 2.00 bits per heavy atom. The first kappa shape index (κ1) is 10.3. The van der Waals surface area contributed by atoms with Crippen molar-refractivity contribution < 1.29 is 5.11 Å². The summed E-state index contributed by atoms with van der Waals surface area (Å²) in [7, 11) is 0. The summed E-state index contributed by atoms with van der Waals surface area (Å²) in [6, 6.07) is 8.07. The maximum atomic E-state index is 10.0. The molecule has 1 N–H and O–H groups in total. The van der Waals surface area contributed by atoms with E-state index >= 15 is 0 Å². The molecule has 0 bridgehead atoms. The number of rotatable bonds is 0. The van der Waals surface area contributed by atoms with Gasteiger partial charge in [-0.05, 0) is 37.8 Å². The fraction of sp³-hybridized carbons (Fsp3) is 0.429. The van der Waals surface area contributed by atoms with E-state index in [2.05, 4.69) is 18.8 Å². The number of hydrogen-bond acceptors (Lipinski definition) is 1. The highest BCUT2D eigenvalue weighted by atomic mass is 16.3. The second-order valence-corrected chi connectivity index (χ2v) is 4.48. The molecule has 1 aromatic carbocycles. The largest absolute Gasteiger partial charge is 0.377 e. The SMILES string of the molecule is Cc1ccc(C#C[C@@]2(O)CC[C@H]2C)cc1. The zero-order valence-electron chi connectivity index (χ0n) is 9.25. The zero-order chi connectivity index (χ0) is 10.9. The van der Waals surface area contributed by atoms with Crippen LogP contribution in [-0.4, -0.2) is 10.7 Å². The summed E-state index contributed by atoms with van der Waals surface area (Å²) in [6.07, 6.45) is 1.89. The van der Waals surface area contributed by atoms with Crippen LogP contribution in [0.4, 0.5) is 0 Å². The van der Waals surface area contributed by atoms with Crippen molar-refractivity contribution in [3.63, 3.8) is 0 Å². The van der Waals surface area contributed by atoms with E-state index in [4.69, 9.17) is 0 Å². The Morgan fingerprint density at radius 1 is 1.33 bits per heavy atom. The van der Waals surface area contributed by atoms with Crippen molar-refractivity contribution in [1.82, 2.24) is 0 Å². The molecule has 1 nitrogen and oxygen atoms in total. The van der Waals surface area contributed by atoms with Gasteiger partial charge in [-0.15, -0.1) is 0 Å². The van der Waals surface area contributed by atoms with E-state index in [9.17, 15) is 5.11 Å². The van der Waals surface area contributed by atoms with Crippen LogP contribution in [0, 0.1) is 24.7 Å². The normalized spacial score (nSPS) is 28.9. The molecule has 2 atom stereocenters. The lowest BCUT2D eigenvalue weighted by Crippen LogP contribution is -2.44. The Morgan fingerprint density at radius 3 is 2.47 bits per heavy atom. The van der Waals surface area contributed by atoms with Crippen LogP contribution < -0.4 is 0 Å². The van der Waals surface area contributed by atoms with Gasteiger partial charge in [0.2, 0.25) is 0 Å². The standard InChI is InChI=1S/C14H16O/c1-11-3-5-13(6-4-11)8-10-14(15)9-7-12(14)2/h3-6,12,15H,7,9H2,1-2H3/t12-,14+/m1/s1. The minimum Gasteiger partial charge on any atom is -0.377 e. The van der Waals surface area contributed by atoms with Gasteiger partial charge in [-0.2, -0.15) is 0 Å². The van der Waals surface area contributed by atoms with Gasteiger partial charge in [-0.3, -0.25) is 0 Å². The van der Waals surface area contributed by atoms with Crippen molar-refractivity contribution >= 4 is 0 Å². The van der Waals surface area contributed by atoms with Crippen molar-refractivity contribution in [3.05, 3.63) is 35.4 Å². The van der Waals surface area contributed by atoms with Crippen LogP contribution >= 0.6 is 0 Å². The van der Waals surface area contributed by atoms with E-state index in [0.717, 1.165) is 18.4 Å². The Labute approximate surface area is 91.1 Å². The Bertz CT molecular complexity index is 407. The predicted octanol–water partition coefficient (Wildman–Crippen LogP) is 2.51. The van der Waals surface area contributed by atoms with Crippen molar-refractivity contribution in [1.29, 1.82) is 0 Å². The first-order valence-corrected chi connectivity index (χ1v) is 5.42. The van der Waals surface area contributed by atoms with Gasteiger partial charge in [0.15, 0.2) is 0 Å². The summed E-state index contributed by atoms with van der Waals surface area (Å²) >= 11 is 0. The van der Waals surface area contributed by atoms with Gasteiger partial charge in [0.05, 0.1) is 0 Å². The van der Waals surface area contributed by atoms with Crippen molar-refractivity contribution in [2.75, 3.05) is 0 Å². The highest BCUT2D eigenvalue weighted by Crippen LogP contribution is 2.37. The highest BCUT2D eigenvalue weighted by Gasteiger charge is 2.40. The molecule has 0 unspecified atom stereocenters. The van der Waals surface area contributed by atoms with Gasteiger partial charge in [-0.25, -0.2) is 0 Å². The quantitative estimate of drug-likeness (QED) is 0.638. The molecular formula is C14H16O. The van der Waals surface area contributed by atoms with Crippen molar-refractivity contribution in [3.8, 4) is 11.8 Å². The first-order chi connectivity index (χ1) is 7.10. The molecule has 2 rings (SSSR count). The molecular weight excluding hydrogens is 184 g/mol. The van der Waals surface area contributed by atoms with Crippen LogP contribution in [0.5, 0.6) is 0 Å². The van der Waals surface area contributed by atoms with Gasteiger partial charge in [0, 0.05) is 5.56 Å². The molecule has 0 radical (unpaired) electrons. The smallest absolute Gasteiger partial charge is 0.128 e. The van der Waals surface area contributed by atoms with Gasteiger partial charge < -0.3 is 5.11 Å². The number of hydrogen-bond donors (Lipinski definition) is 1. The minimum atomic E-state index is -0.731. The maximum Gasteiger partial charge on any atom is 0.128 e. The summed E-state index contributed by atoms with van der Waals surface area (Å²) in [6.45, 7) is 4.10. The van der Waals surface area contributed by atoms with E-state index in [-0.39, 0.29) is 0 Å². The molecule has 0 saturated heterocycles. The molecule has 1 aliphatic carbocycles. The second kappa shape index (κ2) is 3.72. The molecule has 0 spiro atoms. The Hall–Kier alpha value is -1.26. The zero-order valence-corrected chi connectivity index (χ0v) is 9.25.